The van der Waals surface area contributed by atoms with Crippen LogP contribution in [0.5, 0.6) is 0 Å². The molecule has 2 atom stereocenters. The SMILES string of the molecule is CCCC(C)n1c2c(c3ccc(CC(C)(C)C)cc31)C(C(C)(C)C)N(C(C)(C)C)OC2. The Morgan fingerprint density at radius 1 is 1.03 bits per heavy atom. The number of hydrogen-bond donors (Lipinski definition) is 0. The molecule has 2 aromatic rings. The molecule has 174 valence electrons. The minimum absolute atomic E-state index is 0.0552. The standard InChI is InChI=1S/C28H46N2O/c1-12-13-19(2)29-22-16-20(17-26(3,4)5)14-15-21(22)24-23(29)18-31-30(28(9,10)11)25(24)27(6,7)8/h14-16,19,25H,12-13,17-18H2,1-11H3. The lowest BCUT2D eigenvalue weighted by Crippen LogP contribution is -2.50. The van der Waals surface area contributed by atoms with Gasteiger partial charge >= 0.3 is 0 Å². The maximum absolute atomic E-state index is 6.53. The van der Waals surface area contributed by atoms with E-state index in [-0.39, 0.29) is 22.4 Å². The molecule has 0 amide bonds. The fourth-order valence-corrected chi connectivity index (χ4v) is 5.35. The summed E-state index contributed by atoms with van der Waals surface area (Å²) in [6, 6.07) is 7.90. The Balaban J connectivity index is 2.31. The summed E-state index contributed by atoms with van der Waals surface area (Å²) in [5, 5.41) is 3.68. The third kappa shape index (κ3) is 4.88. The zero-order chi connectivity index (χ0) is 23.4. The summed E-state index contributed by atoms with van der Waals surface area (Å²) in [5.74, 6) is 0. The molecule has 3 nitrogen and oxygen atoms in total. The highest BCUT2D eigenvalue weighted by molar-refractivity contribution is 5.87. The van der Waals surface area contributed by atoms with E-state index in [1.165, 1.54) is 40.6 Å². The van der Waals surface area contributed by atoms with Gasteiger partial charge < -0.3 is 4.57 Å². The van der Waals surface area contributed by atoms with Crippen molar-refractivity contribution in [2.75, 3.05) is 0 Å². The average molecular weight is 427 g/mol. The summed E-state index contributed by atoms with van der Waals surface area (Å²) in [5.41, 5.74) is 5.95. The molecule has 0 bridgehead atoms. The Hall–Kier alpha value is -1.32. The van der Waals surface area contributed by atoms with Gasteiger partial charge in [-0.15, -0.1) is 0 Å². The number of fused-ring (bicyclic) bond motifs is 3. The Labute approximate surface area is 191 Å². The van der Waals surface area contributed by atoms with Gasteiger partial charge in [0.05, 0.1) is 11.7 Å². The van der Waals surface area contributed by atoms with Crippen LogP contribution in [0.4, 0.5) is 0 Å². The van der Waals surface area contributed by atoms with Crippen LogP contribution in [-0.4, -0.2) is 15.2 Å². The Morgan fingerprint density at radius 3 is 2.19 bits per heavy atom. The summed E-state index contributed by atoms with van der Waals surface area (Å²) in [6.07, 6.45) is 3.46. The first-order chi connectivity index (χ1) is 14.1. The molecule has 1 aliphatic rings. The Morgan fingerprint density at radius 2 is 1.68 bits per heavy atom. The zero-order valence-corrected chi connectivity index (χ0v) is 22.0. The lowest BCUT2D eigenvalue weighted by molar-refractivity contribution is -0.273. The van der Waals surface area contributed by atoms with Crippen molar-refractivity contribution in [1.29, 1.82) is 0 Å². The first-order valence-electron chi connectivity index (χ1n) is 12.2. The van der Waals surface area contributed by atoms with E-state index in [1.807, 2.05) is 0 Å². The molecule has 2 heterocycles. The summed E-state index contributed by atoms with van der Waals surface area (Å²) < 4.78 is 2.61. The first-order valence-corrected chi connectivity index (χ1v) is 12.2. The molecule has 0 spiro atoms. The molecular weight excluding hydrogens is 380 g/mol. The van der Waals surface area contributed by atoms with Gasteiger partial charge in [0.25, 0.3) is 0 Å². The molecule has 0 saturated carbocycles. The van der Waals surface area contributed by atoms with Crippen molar-refractivity contribution in [2.45, 2.75) is 120 Å². The van der Waals surface area contributed by atoms with Gasteiger partial charge in [-0.1, -0.05) is 67.0 Å². The van der Waals surface area contributed by atoms with Gasteiger partial charge in [0.2, 0.25) is 0 Å². The van der Waals surface area contributed by atoms with Crippen molar-refractivity contribution in [3.05, 3.63) is 35.0 Å². The highest BCUT2D eigenvalue weighted by atomic mass is 16.7. The molecule has 0 radical (unpaired) electrons. The average Bonchev–Trinajstić information content (AvgIpc) is 2.91. The zero-order valence-electron chi connectivity index (χ0n) is 22.0. The minimum atomic E-state index is -0.0642. The second kappa shape index (κ2) is 8.23. The molecule has 2 unspecified atom stereocenters. The number of aromatic nitrogens is 1. The Bertz CT molecular complexity index is 918. The highest BCUT2D eigenvalue weighted by Crippen LogP contribution is 2.50. The molecule has 3 heteroatoms. The Kier molecular flexibility index (Phi) is 6.46. The van der Waals surface area contributed by atoms with Crippen LogP contribution in [0.1, 0.15) is 118 Å². The van der Waals surface area contributed by atoms with Crippen molar-refractivity contribution in [2.24, 2.45) is 10.8 Å². The molecular formula is C28H46N2O. The highest BCUT2D eigenvalue weighted by Gasteiger charge is 2.45. The molecule has 1 aromatic heterocycles. The maximum atomic E-state index is 6.53. The second-order valence-corrected chi connectivity index (χ2v) is 13.0. The molecule has 3 rings (SSSR count). The van der Waals surface area contributed by atoms with E-state index in [4.69, 9.17) is 4.84 Å². The summed E-state index contributed by atoms with van der Waals surface area (Å²) in [4.78, 5) is 6.53. The predicted octanol–water partition coefficient (Wildman–Crippen LogP) is 8.22. The van der Waals surface area contributed by atoms with Crippen molar-refractivity contribution >= 4 is 10.9 Å². The van der Waals surface area contributed by atoms with Crippen molar-refractivity contribution in [3.63, 3.8) is 0 Å². The number of hydrogen-bond acceptors (Lipinski definition) is 2. The minimum Gasteiger partial charge on any atom is -0.339 e. The largest absolute Gasteiger partial charge is 0.339 e. The van der Waals surface area contributed by atoms with Gasteiger partial charge in [0.15, 0.2) is 0 Å². The third-order valence-electron chi connectivity index (χ3n) is 6.42. The van der Waals surface area contributed by atoms with Crippen LogP contribution in [0, 0.1) is 10.8 Å². The van der Waals surface area contributed by atoms with E-state index in [0.29, 0.717) is 12.6 Å². The van der Waals surface area contributed by atoms with Crippen LogP contribution < -0.4 is 0 Å². The van der Waals surface area contributed by atoms with Crippen LogP contribution >= 0.6 is 0 Å². The van der Waals surface area contributed by atoms with Gasteiger partial charge in [-0.05, 0) is 63.0 Å². The molecule has 0 N–H and O–H groups in total. The number of rotatable bonds is 4. The quantitative estimate of drug-likeness (QED) is 0.490. The second-order valence-electron chi connectivity index (χ2n) is 13.0. The van der Waals surface area contributed by atoms with Gasteiger partial charge in [0, 0.05) is 28.0 Å². The molecule has 1 aromatic carbocycles. The fraction of sp³-hybridized carbons (Fsp3) is 0.714. The van der Waals surface area contributed by atoms with Crippen molar-refractivity contribution < 1.29 is 4.84 Å². The summed E-state index contributed by atoms with van der Waals surface area (Å²) >= 11 is 0. The lowest BCUT2D eigenvalue weighted by atomic mass is 9.78. The molecule has 31 heavy (non-hydrogen) atoms. The van der Waals surface area contributed by atoms with Crippen LogP contribution in [0.15, 0.2) is 18.2 Å². The van der Waals surface area contributed by atoms with Crippen molar-refractivity contribution in [3.8, 4) is 0 Å². The molecule has 0 saturated heterocycles. The summed E-state index contributed by atoms with van der Waals surface area (Å²) in [7, 11) is 0. The van der Waals surface area contributed by atoms with Crippen LogP contribution in [-0.2, 0) is 17.9 Å². The number of benzene rings is 1. The molecule has 1 aliphatic heterocycles. The topological polar surface area (TPSA) is 17.4 Å². The summed E-state index contributed by atoms with van der Waals surface area (Å²) in [6.45, 7) is 26.1. The molecule has 0 fully saturated rings. The molecule has 0 aliphatic carbocycles. The van der Waals surface area contributed by atoms with Crippen LogP contribution in [0.3, 0.4) is 0 Å². The van der Waals surface area contributed by atoms with Gasteiger partial charge in [-0.3, -0.25) is 4.84 Å². The van der Waals surface area contributed by atoms with E-state index >= 15 is 0 Å². The monoisotopic (exact) mass is 426 g/mol. The predicted molar refractivity (Wildman–Crippen MR) is 133 cm³/mol. The fourth-order valence-electron chi connectivity index (χ4n) is 5.35. The van der Waals surface area contributed by atoms with Gasteiger partial charge in [-0.2, -0.15) is 5.06 Å². The van der Waals surface area contributed by atoms with Gasteiger partial charge in [0.1, 0.15) is 6.61 Å². The van der Waals surface area contributed by atoms with Crippen LogP contribution in [0.2, 0.25) is 0 Å². The van der Waals surface area contributed by atoms with Gasteiger partial charge in [-0.25, -0.2) is 0 Å². The normalized spacial score (nSPS) is 19.6. The van der Waals surface area contributed by atoms with E-state index in [1.54, 1.807) is 0 Å². The first kappa shape index (κ1) is 24.3. The number of nitrogens with zero attached hydrogens (tertiary/aromatic N) is 2. The maximum Gasteiger partial charge on any atom is 0.109 e. The van der Waals surface area contributed by atoms with E-state index in [9.17, 15) is 0 Å². The number of hydroxylamine groups is 2. The van der Waals surface area contributed by atoms with Crippen LogP contribution in [0.25, 0.3) is 10.9 Å². The third-order valence-corrected chi connectivity index (χ3v) is 6.42. The van der Waals surface area contributed by atoms with Crippen molar-refractivity contribution in [1.82, 2.24) is 9.63 Å². The van der Waals surface area contributed by atoms with E-state index in [2.05, 4.69) is 104 Å². The smallest absolute Gasteiger partial charge is 0.109 e. The van der Waals surface area contributed by atoms with E-state index < -0.39 is 0 Å². The van der Waals surface area contributed by atoms with E-state index in [0.717, 1.165) is 6.42 Å². The lowest BCUT2D eigenvalue weighted by Gasteiger charge is -2.48.